The zero-order valence-electron chi connectivity index (χ0n) is 13.7. The Balaban J connectivity index is 1.85. The van der Waals surface area contributed by atoms with Crippen molar-refractivity contribution < 1.29 is 14.7 Å². The molecule has 2 N–H and O–H groups in total. The van der Waals surface area contributed by atoms with Gasteiger partial charge in [-0.3, -0.25) is 9.69 Å². The molecular weight excluding hydrogens is 304 g/mol. The van der Waals surface area contributed by atoms with Gasteiger partial charge in [0, 0.05) is 13.1 Å². The average molecular weight is 324 g/mol. The van der Waals surface area contributed by atoms with E-state index < -0.39 is 12.1 Å². The van der Waals surface area contributed by atoms with Gasteiger partial charge in [-0.15, -0.1) is 0 Å². The van der Waals surface area contributed by atoms with Gasteiger partial charge in [0.25, 0.3) is 0 Å². The molecule has 2 aromatic rings. The number of rotatable bonds is 4. The predicted octanol–water partition coefficient (Wildman–Crippen LogP) is 2.95. The van der Waals surface area contributed by atoms with Crippen LogP contribution >= 0.6 is 0 Å². The van der Waals surface area contributed by atoms with Crippen LogP contribution in [0, 0.1) is 13.8 Å². The molecule has 5 nitrogen and oxygen atoms in total. The molecule has 3 rings (SSSR count). The number of aryl methyl sites for hydroxylation is 2. The Morgan fingerprint density at radius 2 is 1.88 bits per heavy atom. The van der Waals surface area contributed by atoms with Crippen molar-refractivity contribution in [1.82, 2.24) is 10.2 Å². The first-order chi connectivity index (χ1) is 11.5. The van der Waals surface area contributed by atoms with Crippen molar-refractivity contribution in [3.63, 3.8) is 0 Å². The molecule has 1 fully saturated rings. The Morgan fingerprint density at radius 3 is 2.42 bits per heavy atom. The molecule has 0 radical (unpaired) electrons. The lowest BCUT2D eigenvalue weighted by Crippen LogP contribution is -2.62. The Bertz CT molecular complexity index is 801. The zero-order chi connectivity index (χ0) is 17.3. The van der Waals surface area contributed by atoms with Crippen molar-refractivity contribution in [2.24, 2.45) is 0 Å². The van der Waals surface area contributed by atoms with Gasteiger partial charge in [-0.25, -0.2) is 4.79 Å². The molecule has 2 amide bonds. The third-order valence-electron chi connectivity index (χ3n) is 4.47. The number of amides is 2. The first-order valence-electron chi connectivity index (χ1n) is 7.90. The standard InChI is InChI=1S/C19H20N2O3/c1-12-5-3-4-6-15(12)16-8-7-14(9-13(16)2)11-21(19(23)24)17-10-20-18(17)22/h3-9,17H,10-11H2,1-2H3,(H,20,22)(H,23,24)/t17-/m0/s1. The van der Waals surface area contributed by atoms with Crippen molar-refractivity contribution in [3.05, 3.63) is 59.2 Å². The first-order valence-corrected chi connectivity index (χ1v) is 7.90. The molecule has 0 aliphatic carbocycles. The number of carboxylic acid groups (broad SMARTS) is 1. The summed E-state index contributed by atoms with van der Waals surface area (Å²) in [6.45, 7) is 4.68. The van der Waals surface area contributed by atoms with Gasteiger partial charge in [0.15, 0.2) is 0 Å². The van der Waals surface area contributed by atoms with E-state index in [1.54, 1.807) is 0 Å². The molecule has 1 atom stereocenters. The average Bonchev–Trinajstić information content (AvgIpc) is 2.54. The Kier molecular flexibility index (Phi) is 4.25. The van der Waals surface area contributed by atoms with Crippen molar-refractivity contribution >= 4 is 12.0 Å². The largest absolute Gasteiger partial charge is 0.465 e. The van der Waals surface area contributed by atoms with Gasteiger partial charge in [0.2, 0.25) is 5.91 Å². The van der Waals surface area contributed by atoms with Crippen molar-refractivity contribution in [2.45, 2.75) is 26.4 Å². The Hall–Kier alpha value is -2.82. The summed E-state index contributed by atoms with van der Waals surface area (Å²) in [7, 11) is 0. The number of hydrogen-bond acceptors (Lipinski definition) is 2. The molecule has 0 spiro atoms. The van der Waals surface area contributed by atoms with Crippen LogP contribution < -0.4 is 5.32 Å². The quantitative estimate of drug-likeness (QED) is 0.850. The molecule has 2 aromatic carbocycles. The molecule has 1 saturated heterocycles. The summed E-state index contributed by atoms with van der Waals surface area (Å²) in [5, 5.41) is 12.0. The van der Waals surface area contributed by atoms with E-state index in [4.69, 9.17) is 0 Å². The van der Waals surface area contributed by atoms with Crippen LogP contribution in [0.5, 0.6) is 0 Å². The smallest absolute Gasteiger partial charge is 0.408 e. The maximum absolute atomic E-state index is 11.5. The summed E-state index contributed by atoms with van der Waals surface area (Å²) >= 11 is 0. The van der Waals surface area contributed by atoms with Crippen LogP contribution in [0.1, 0.15) is 16.7 Å². The fourth-order valence-corrected chi connectivity index (χ4v) is 3.04. The van der Waals surface area contributed by atoms with Crippen LogP contribution in [-0.4, -0.2) is 34.6 Å². The fourth-order valence-electron chi connectivity index (χ4n) is 3.04. The Morgan fingerprint density at radius 1 is 1.17 bits per heavy atom. The second-order valence-corrected chi connectivity index (χ2v) is 6.14. The highest BCUT2D eigenvalue weighted by Crippen LogP contribution is 2.27. The number of nitrogens with zero attached hydrogens (tertiary/aromatic N) is 1. The summed E-state index contributed by atoms with van der Waals surface area (Å²) in [6.07, 6.45) is -1.07. The van der Waals surface area contributed by atoms with E-state index in [1.165, 1.54) is 16.0 Å². The van der Waals surface area contributed by atoms with Crippen LogP contribution in [0.15, 0.2) is 42.5 Å². The molecule has 1 aliphatic rings. The lowest BCUT2D eigenvalue weighted by molar-refractivity contribution is -0.132. The molecule has 0 unspecified atom stereocenters. The van der Waals surface area contributed by atoms with Gasteiger partial charge < -0.3 is 10.4 Å². The maximum Gasteiger partial charge on any atom is 0.408 e. The number of β-lactam (4-membered cyclic amide) rings is 1. The summed E-state index contributed by atoms with van der Waals surface area (Å²) in [4.78, 5) is 24.1. The highest BCUT2D eigenvalue weighted by atomic mass is 16.4. The molecule has 1 heterocycles. The van der Waals surface area contributed by atoms with Crippen LogP contribution in [0.2, 0.25) is 0 Å². The summed E-state index contributed by atoms with van der Waals surface area (Å²) in [5.74, 6) is -0.231. The molecule has 124 valence electrons. The minimum absolute atomic E-state index is 0.211. The van der Waals surface area contributed by atoms with Gasteiger partial charge in [0.05, 0.1) is 0 Å². The minimum atomic E-state index is -1.07. The lowest BCUT2D eigenvalue weighted by Gasteiger charge is -2.35. The van der Waals surface area contributed by atoms with E-state index in [0.717, 1.165) is 16.7 Å². The predicted molar refractivity (Wildman–Crippen MR) is 91.7 cm³/mol. The summed E-state index contributed by atoms with van der Waals surface area (Å²) < 4.78 is 0. The maximum atomic E-state index is 11.5. The molecule has 5 heteroatoms. The third-order valence-corrected chi connectivity index (χ3v) is 4.47. The van der Waals surface area contributed by atoms with Crippen molar-refractivity contribution in [2.75, 3.05) is 6.54 Å². The van der Waals surface area contributed by atoms with Crippen LogP contribution in [0.4, 0.5) is 4.79 Å². The number of benzene rings is 2. The molecular formula is C19H20N2O3. The molecule has 1 aliphatic heterocycles. The minimum Gasteiger partial charge on any atom is -0.465 e. The molecule has 0 aromatic heterocycles. The van der Waals surface area contributed by atoms with Crippen LogP contribution in [0.3, 0.4) is 0 Å². The van der Waals surface area contributed by atoms with Crippen LogP contribution in [-0.2, 0) is 11.3 Å². The molecule has 24 heavy (non-hydrogen) atoms. The van der Waals surface area contributed by atoms with Gasteiger partial charge in [-0.05, 0) is 41.7 Å². The molecule has 0 bridgehead atoms. The highest BCUT2D eigenvalue weighted by molar-refractivity contribution is 5.90. The van der Waals surface area contributed by atoms with E-state index in [-0.39, 0.29) is 12.5 Å². The number of nitrogens with one attached hydrogen (secondary N) is 1. The van der Waals surface area contributed by atoms with Gasteiger partial charge in [-0.2, -0.15) is 0 Å². The third kappa shape index (κ3) is 2.97. The van der Waals surface area contributed by atoms with E-state index in [0.29, 0.717) is 6.54 Å². The van der Waals surface area contributed by atoms with E-state index in [1.807, 2.05) is 37.3 Å². The Labute approximate surface area is 140 Å². The van der Waals surface area contributed by atoms with Crippen molar-refractivity contribution in [1.29, 1.82) is 0 Å². The number of carbonyl (C=O) groups excluding carboxylic acids is 1. The number of carbonyl (C=O) groups is 2. The van der Waals surface area contributed by atoms with Gasteiger partial charge >= 0.3 is 6.09 Å². The van der Waals surface area contributed by atoms with Crippen molar-refractivity contribution in [3.8, 4) is 11.1 Å². The highest BCUT2D eigenvalue weighted by Gasteiger charge is 2.36. The normalized spacial score (nSPS) is 16.2. The van der Waals surface area contributed by atoms with E-state index in [2.05, 4.69) is 24.4 Å². The summed E-state index contributed by atoms with van der Waals surface area (Å²) in [5.41, 5.74) is 5.49. The second kappa shape index (κ2) is 6.35. The SMILES string of the molecule is Cc1ccccc1-c1ccc(CN(C(=O)O)[C@H]2CNC2=O)cc1C. The number of hydrogen-bond donors (Lipinski definition) is 2. The zero-order valence-corrected chi connectivity index (χ0v) is 13.7. The second-order valence-electron chi connectivity index (χ2n) is 6.14. The lowest BCUT2D eigenvalue weighted by atomic mass is 9.95. The topological polar surface area (TPSA) is 69.6 Å². The molecule has 0 saturated carbocycles. The van der Waals surface area contributed by atoms with Gasteiger partial charge in [0.1, 0.15) is 6.04 Å². The van der Waals surface area contributed by atoms with E-state index in [9.17, 15) is 14.7 Å². The monoisotopic (exact) mass is 324 g/mol. The van der Waals surface area contributed by atoms with Crippen LogP contribution in [0.25, 0.3) is 11.1 Å². The summed E-state index contributed by atoms with van der Waals surface area (Å²) in [6, 6.07) is 13.5. The van der Waals surface area contributed by atoms with Gasteiger partial charge in [-0.1, -0.05) is 42.5 Å². The van der Waals surface area contributed by atoms with E-state index >= 15 is 0 Å². The fraction of sp³-hybridized carbons (Fsp3) is 0.263. The first kappa shape index (κ1) is 16.1.